The van der Waals surface area contributed by atoms with Crippen molar-refractivity contribution in [3.05, 3.63) is 30.1 Å². The molecule has 0 bridgehead atoms. The average Bonchev–Trinajstić information content (AvgIpc) is 2.48. The van der Waals surface area contributed by atoms with E-state index in [0.29, 0.717) is 13.2 Å². The first-order chi connectivity index (χ1) is 10.4. The number of halogens is 1. The summed E-state index contributed by atoms with van der Waals surface area (Å²) in [7, 11) is -1.13. The highest BCUT2D eigenvalue weighted by Crippen LogP contribution is 2.27. The first-order valence-corrected chi connectivity index (χ1v) is 9.61. The molecule has 124 valence electrons. The first kappa shape index (κ1) is 17.2. The quantitative estimate of drug-likeness (QED) is 0.804. The maximum absolute atomic E-state index is 13.5. The van der Waals surface area contributed by atoms with Gasteiger partial charge in [-0.05, 0) is 32.0 Å². The van der Waals surface area contributed by atoms with Crippen LogP contribution >= 0.6 is 0 Å². The highest BCUT2D eigenvalue weighted by molar-refractivity contribution is 7.91. The Kier molecular flexibility index (Phi) is 5.81. The van der Waals surface area contributed by atoms with Crippen molar-refractivity contribution in [1.82, 2.24) is 4.90 Å². The normalized spacial score (nSPS) is 22.7. The number of hydrogen-bond donors (Lipinski definition) is 0. The molecule has 0 radical (unpaired) electrons. The van der Waals surface area contributed by atoms with E-state index >= 15 is 0 Å². The number of benzene rings is 1. The third-order valence-electron chi connectivity index (χ3n) is 4.32. The van der Waals surface area contributed by atoms with Crippen molar-refractivity contribution in [1.29, 1.82) is 0 Å². The summed E-state index contributed by atoms with van der Waals surface area (Å²) in [6, 6.07) is 6.32. The minimum Gasteiger partial charge on any atom is -0.489 e. The fourth-order valence-corrected chi connectivity index (χ4v) is 4.62. The van der Waals surface area contributed by atoms with Crippen LogP contribution in [-0.2, 0) is 9.84 Å². The Bertz CT molecular complexity index is 591. The fourth-order valence-electron chi connectivity index (χ4n) is 3.11. The Morgan fingerprint density at radius 3 is 2.64 bits per heavy atom. The maximum atomic E-state index is 13.5. The topological polar surface area (TPSA) is 46.6 Å². The van der Waals surface area contributed by atoms with Gasteiger partial charge in [-0.3, -0.25) is 4.90 Å². The number of para-hydroxylation sites is 1. The molecule has 0 N–H and O–H groups in total. The predicted octanol–water partition coefficient (Wildman–Crippen LogP) is 2.49. The lowest BCUT2D eigenvalue weighted by atomic mass is 9.94. The van der Waals surface area contributed by atoms with Crippen LogP contribution in [0.4, 0.5) is 4.39 Å². The summed E-state index contributed by atoms with van der Waals surface area (Å²) in [5, 5.41) is -0.306. The van der Waals surface area contributed by atoms with Crippen LogP contribution in [0.1, 0.15) is 25.7 Å². The average molecular weight is 329 g/mol. The van der Waals surface area contributed by atoms with Crippen LogP contribution in [0.5, 0.6) is 5.75 Å². The first-order valence-electron chi connectivity index (χ1n) is 7.66. The van der Waals surface area contributed by atoms with Crippen LogP contribution in [-0.4, -0.2) is 51.1 Å². The highest BCUT2D eigenvalue weighted by atomic mass is 32.2. The van der Waals surface area contributed by atoms with Gasteiger partial charge in [0.25, 0.3) is 0 Å². The number of rotatable bonds is 6. The van der Waals surface area contributed by atoms with E-state index in [9.17, 15) is 12.8 Å². The van der Waals surface area contributed by atoms with E-state index in [2.05, 4.69) is 0 Å². The molecule has 1 aliphatic carbocycles. The molecule has 0 amide bonds. The summed E-state index contributed by atoms with van der Waals surface area (Å²) < 4.78 is 42.8. The summed E-state index contributed by atoms with van der Waals surface area (Å²) >= 11 is 0. The van der Waals surface area contributed by atoms with Crippen LogP contribution in [0.15, 0.2) is 24.3 Å². The van der Waals surface area contributed by atoms with Crippen molar-refractivity contribution >= 4 is 9.84 Å². The summed E-state index contributed by atoms with van der Waals surface area (Å²) in [5.74, 6) is -0.143. The molecular formula is C16H24FNO3S. The van der Waals surface area contributed by atoms with E-state index in [-0.39, 0.29) is 22.9 Å². The van der Waals surface area contributed by atoms with Gasteiger partial charge in [-0.1, -0.05) is 25.0 Å². The molecule has 0 heterocycles. The zero-order chi connectivity index (χ0) is 16.2. The molecule has 1 aliphatic rings. The molecule has 0 aliphatic heterocycles. The van der Waals surface area contributed by atoms with E-state index in [4.69, 9.17) is 4.74 Å². The molecule has 2 rings (SSSR count). The minimum atomic E-state index is -3.05. The number of hydrogen-bond acceptors (Lipinski definition) is 4. The second-order valence-electron chi connectivity index (χ2n) is 5.98. The Labute approximate surface area is 132 Å². The SMILES string of the molecule is CN(CCOc1ccccc1F)C1CCCCC1S(C)(=O)=O. The molecular weight excluding hydrogens is 305 g/mol. The number of likely N-dealkylation sites (N-methyl/N-ethyl adjacent to an activating group) is 1. The van der Waals surface area contributed by atoms with Crippen LogP contribution in [0.2, 0.25) is 0 Å². The maximum Gasteiger partial charge on any atom is 0.165 e. The van der Waals surface area contributed by atoms with Crippen molar-refractivity contribution in [3.63, 3.8) is 0 Å². The largest absolute Gasteiger partial charge is 0.489 e. The molecule has 1 fully saturated rings. The van der Waals surface area contributed by atoms with Crippen LogP contribution < -0.4 is 4.74 Å². The van der Waals surface area contributed by atoms with Crippen molar-refractivity contribution in [3.8, 4) is 5.75 Å². The van der Waals surface area contributed by atoms with Crippen molar-refractivity contribution < 1.29 is 17.5 Å². The molecule has 1 saturated carbocycles. The van der Waals surface area contributed by atoms with E-state index in [1.165, 1.54) is 12.3 Å². The molecule has 6 heteroatoms. The van der Waals surface area contributed by atoms with Crippen molar-refractivity contribution in [2.24, 2.45) is 0 Å². The third kappa shape index (κ3) is 4.43. The molecule has 0 spiro atoms. The van der Waals surface area contributed by atoms with Crippen LogP contribution in [0.3, 0.4) is 0 Å². The van der Waals surface area contributed by atoms with E-state index in [1.54, 1.807) is 18.2 Å². The second-order valence-corrected chi connectivity index (χ2v) is 8.24. The van der Waals surface area contributed by atoms with Gasteiger partial charge in [-0.2, -0.15) is 0 Å². The second kappa shape index (κ2) is 7.42. The lowest BCUT2D eigenvalue weighted by Crippen LogP contribution is -2.48. The third-order valence-corrected chi connectivity index (χ3v) is 5.97. The summed E-state index contributed by atoms with van der Waals surface area (Å²) in [6.45, 7) is 0.912. The Morgan fingerprint density at radius 1 is 1.27 bits per heavy atom. The Morgan fingerprint density at radius 2 is 1.95 bits per heavy atom. The van der Waals surface area contributed by atoms with Gasteiger partial charge in [0.15, 0.2) is 21.4 Å². The fraction of sp³-hybridized carbons (Fsp3) is 0.625. The van der Waals surface area contributed by atoms with Crippen LogP contribution in [0, 0.1) is 5.82 Å². The van der Waals surface area contributed by atoms with Crippen LogP contribution in [0.25, 0.3) is 0 Å². The molecule has 1 aromatic carbocycles. The van der Waals surface area contributed by atoms with Gasteiger partial charge in [-0.15, -0.1) is 0 Å². The Hall–Kier alpha value is -1.14. The van der Waals surface area contributed by atoms with Gasteiger partial charge in [0.05, 0.1) is 5.25 Å². The van der Waals surface area contributed by atoms with E-state index in [0.717, 1.165) is 25.7 Å². The minimum absolute atomic E-state index is 0.0213. The molecule has 0 saturated heterocycles. The molecule has 2 unspecified atom stereocenters. The van der Waals surface area contributed by atoms with Gasteiger partial charge in [0.1, 0.15) is 6.61 Å². The van der Waals surface area contributed by atoms with Gasteiger partial charge in [-0.25, -0.2) is 12.8 Å². The summed E-state index contributed by atoms with van der Waals surface area (Å²) in [4.78, 5) is 2.03. The number of nitrogens with zero attached hydrogens (tertiary/aromatic N) is 1. The van der Waals surface area contributed by atoms with Crippen molar-refractivity contribution in [2.45, 2.75) is 37.0 Å². The molecule has 4 nitrogen and oxygen atoms in total. The van der Waals surface area contributed by atoms with Gasteiger partial charge >= 0.3 is 0 Å². The Balaban J connectivity index is 1.90. The smallest absolute Gasteiger partial charge is 0.165 e. The molecule has 0 aromatic heterocycles. The monoisotopic (exact) mass is 329 g/mol. The predicted molar refractivity (Wildman–Crippen MR) is 85.4 cm³/mol. The molecule has 1 aromatic rings. The standard InChI is InChI=1S/C16H24FNO3S/c1-18(11-12-21-15-9-5-3-7-13(15)17)14-8-4-6-10-16(14)22(2,19)20/h3,5,7,9,14,16H,4,6,8,10-12H2,1-2H3. The van der Waals surface area contributed by atoms with Crippen molar-refractivity contribution in [2.75, 3.05) is 26.5 Å². The zero-order valence-corrected chi connectivity index (χ0v) is 14.0. The number of ether oxygens (including phenoxy) is 1. The van der Waals surface area contributed by atoms with E-state index < -0.39 is 9.84 Å². The lowest BCUT2D eigenvalue weighted by Gasteiger charge is -2.36. The highest BCUT2D eigenvalue weighted by Gasteiger charge is 2.34. The lowest BCUT2D eigenvalue weighted by molar-refractivity contribution is 0.160. The van der Waals surface area contributed by atoms with E-state index in [1.807, 2.05) is 11.9 Å². The summed E-state index contributed by atoms with van der Waals surface area (Å²) in [6.07, 6.45) is 4.94. The molecule has 2 atom stereocenters. The number of sulfone groups is 1. The molecule has 22 heavy (non-hydrogen) atoms. The summed E-state index contributed by atoms with van der Waals surface area (Å²) in [5.41, 5.74) is 0. The van der Waals surface area contributed by atoms with Gasteiger partial charge in [0, 0.05) is 18.8 Å². The van der Waals surface area contributed by atoms with Gasteiger partial charge < -0.3 is 4.74 Å². The zero-order valence-electron chi connectivity index (χ0n) is 13.2. The van der Waals surface area contributed by atoms with Gasteiger partial charge in [0.2, 0.25) is 0 Å².